The van der Waals surface area contributed by atoms with Gasteiger partial charge >= 0.3 is 5.97 Å². The van der Waals surface area contributed by atoms with Gasteiger partial charge in [0.25, 0.3) is 0 Å². The van der Waals surface area contributed by atoms with E-state index in [0.29, 0.717) is 31.8 Å². The summed E-state index contributed by atoms with van der Waals surface area (Å²) in [6.07, 6.45) is 16.2. The van der Waals surface area contributed by atoms with Crippen LogP contribution in [-0.4, -0.2) is 44.9 Å². The summed E-state index contributed by atoms with van der Waals surface area (Å²) in [5.41, 5.74) is 4.53. The molecule has 1 atom stereocenters. The Morgan fingerprint density at radius 2 is 1.79 bits per heavy atom. The Morgan fingerprint density at radius 3 is 2.41 bits per heavy atom. The zero-order valence-corrected chi connectivity index (χ0v) is 20.1. The van der Waals surface area contributed by atoms with E-state index in [0.717, 1.165) is 29.0 Å². The zero-order chi connectivity index (χ0) is 23.9. The summed E-state index contributed by atoms with van der Waals surface area (Å²) in [5, 5.41) is 8.93. The minimum atomic E-state index is -0.822. The van der Waals surface area contributed by atoms with Crippen molar-refractivity contribution in [3.8, 4) is 11.4 Å². The molecule has 2 aromatic rings. The molecular weight excluding hydrogens is 426 g/mol. The summed E-state index contributed by atoms with van der Waals surface area (Å²) < 4.78 is 0. The summed E-state index contributed by atoms with van der Waals surface area (Å²) >= 11 is 0. The first kappa shape index (κ1) is 24.1. The van der Waals surface area contributed by atoms with Crippen LogP contribution in [0, 0.1) is 11.8 Å². The number of aromatic nitrogens is 2. The van der Waals surface area contributed by atoms with Gasteiger partial charge < -0.3 is 10.0 Å². The Morgan fingerprint density at radius 1 is 1.06 bits per heavy atom. The Bertz CT molecular complexity index is 1010. The van der Waals surface area contributed by atoms with Gasteiger partial charge in [-0.05, 0) is 42.7 Å². The van der Waals surface area contributed by atoms with Crippen LogP contribution in [0.25, 0.3) is 17.0 Å². The van der Waals surface area contributed by atoms with Gasteiger partial charge in [-0.1, -0.05) is 62.9 Å². The van der Waals surface area contributed by atoms with Crippen molar-refractivity contribution < 1.29 is 14.7 Å². The van der Waals surface area contributed by atoms with Crippen LogP contribution < -0.4 is 0 Å². The molecule has 1 amide bonds. The molecule has 1 N–H and O–H groups in total. The lowest BCUT2D eigenvalue weighted by Gasteiger charge is -2.36. The number of nitrogens with zero attached hydrogens (tertiary/aromatic N) is 3. The van der Waals surface area contributed by atoms with Crippen LogP contribution in [0.2, 0.25) is 0 Å². The highest BCUT2D eigenvalue weighted by Gasteiger charge is 2.35. The molecule has 0 saturated carbocycles. The van der Waals surface area contributed by atoms with E-state index in [4.69, 9.17) is 5.11 Å². The Kier molecular flexibility index (Phi) is 8.09. The van der Waals surface area contributed by atoms with Gasteiger partial charge in [0.05, 0.1) is 5.92 Å². The van der Waals surface area contributed by atoms with E-state index >= 15 is 0 Å². The topological polar surface area (TPSA) is 83.4 Å². The van der Waals surface area contributed by atoms with E-state index in [-0.39, 0.29) is 5.91 Å². The van der Waals surface area contributed by atoms with Gasteiger partial charge in [-0.2, -0.15) is 0 Å². The number of allylic oxidation sites excluding steroid dienone is 2. The monoisotopic (exact) mass is 461 g/mol. The number of hydrogen-bond donors (Lipinski definition) is 1. The summed E-state index contributed by atoms with van der Waals surface area (Å²) in [7, 11) is 0. The van der Waals surface area contributed by atoms with E-state index in [1.54, 1.807) is 4.90 Å². The average molecular weight is 462 g/mol. The second-order valence-corrected chi connectivity index (χ2v) is 9.69. The van der Waals surface area contributed by atoms with Crippen molar-refractivity contribution in [3.05, 3.63) is 53.9 Å². The van der Waals surface area contributed by atoms with Crippen LogP contribution in [0.4, 0.5) is 0 Å². The third-order valence-electron chi connectivity index (χ3n) is 7.18. The molecule has 1 aromatic heterocycles. The maximum Gasteiger partial charge on any atom is 0.310 e. The van der Waals surface area contributed by atoms with Gasteiger partial charge in [0.15, 0.2) is 5.82 Å². The molecule has 1 aromatic carbocycles. The number of carbonyl (C=O) groups excluding carboxylic acids is 1. The Balaban J connectivity index is 1.26. The summed E-state index contributed by atoms with van der Waals surface area (Å²) in [6, 6.07) is 8.02. The molecule has 2 aliphatic rings. The van der Waals surface area contributed by atoms with E-state index in [1.165, 1.54) is 44.1 Å². The fourth-order valence-corrected chi connectivity index (χ4v) is 4.81. The van der Waals surface area contributed by atoms with Crippen molar-refractivity contribution in [2.45, 2.75) is 64.7 Å². The number of benzene rings is 1. The number of rotatable bonds is 10. The van der Waals surface area contributed by atoms with Crippen molar-refractivity contribution in [1.29, 1.82) is 0 Å². The second kappa shape index (κ2) is 11.4. The predicted molar refractivity (Wildman–Crippen MR) is 133 cm³/mol. The van der Waals surface area contributed by atoms with Gasteiger partial charge in [-0.3, -0.25) is 9.59 Å². The Labute approximate surface area is 202 Å². The van der Waals surface area contributed by atoms with Crippen molar-refractivity contribution in [3.63, 3.8) is 0 Å². The van der Waals surface area contributed by atoms with Gasteiger partial charge in [0, 0.05) is 43.0 Å². The number of hydrogen-bond acceptors (Lipinski definition) is 4. The largest absolute Gasteiger partial charge is 0.481 e. The number of carbonyl (C=O) groups is 2. The third-order valence-corrected chi connectivity index (χ3v) is 7.18. The van der Waals surface area contributed by atoms with Gasteiger partial charge in [0.2, 0.25) is 5.91 Å². The van der Waals surface area contributed by atoms with Gasteiger partial charge in [-0.25, -0.2) is 9.97 Å². The molecule has 6 nitrogen and oxygen atoms in total. The lowest BCUT2D eigenvalue weighted by molar-refractivity contribution is -0.152. The van der Waals surface area contributed by atoms with Gasteiger partial charge in [0.1, 0.15) is 0 Å². The highest BCUT2D eigenvalue weighted by Crippen LogP contribution is 2.32. The molecule has 34 heavy (non-hydrogen) atoms. The number of unbranched alkanes of at least 4 members (excludes halogenated alkanes) is 2. The normalized spacial score (nSPS) is 18.3. The third kappa shape index (κ3) is 6.10. The first-order valence-corrected chi connectivity index (χ1v) is 12.6. The lowest BCUT2D eigenvalue weighted by atomic mass is 9.84. The fraction of sp³-hybridized carbons (Fsp3) is 0.500. The van der Waals surface area contributed by atoms with Crippen molar-refractivity contribution >= 4 is 17.4 Å². The highest BCUT2D eigenvalue weighted by molar-refractivity contribution is 5.81. The van der Waals surface area contributed by atoms with Crippen LogP contribution >= 0.6 is 0 Å². The number of likely N-dealkylation sites (tertiary alicyclic amines) is 1. The van der Waals surface area contributed by atoms with Gasteiger partial charge in [-0.15, -0.1) is 0 Å². The van der Waals surface area contributed by atoms with E-state index in [9.17, 15) is 9.59 Å². The summed E-state index contributed by atoms with van der Waals surface area (Å²) in [6.45, 7) is 2.92. The van der Waals surface area contributed by atoms with Crippen molar-refractivity contribution in [2.75, 3.05) is 13.1 Å². The number of carboxylic acid groups (broad SMARTS) is 1. The number of aliphatic carboxylic acids is 1. The zero-order valence-electron chi connectivity index (χ0n) is 20.1. The maximum absolute atomic E-state index is 12.2. The summed E-state index contributed by atoms with van der Waals surface area (Å²) in [4.78, 5) is 33.9. The molecular formula is C28H35N3O3. The lowest BCUT2D eigenvalue weighted by Crippen LogP contribution is -2.53. The van der Waals surface area contributed by atoms with Crippen molar-refractivity contribution in [2.24, 2.45) is 11.8 Å². The van der Waals surface area contributed by atoms with E-state index in [2.05, 4.69) is 23.0 Å². The minimum Gasteiger partial charge on any atom is -0.481 e. The predicted octanol–water partition coefficient (Wildman–Crippen LogP) is 5.38. The minimum absolute atomic E-state index is 0.0183. The molecule has 1 unspecified atom stereocenters. The first-order chi connectivity index (χ1) is 16.5. The van der Waals surface area contributed by atoms with Crippen LogP contribution in [0.5, 0.6) is 0 Å². The smallest absolute Gasteiger partial charge is 0.310 e. The molecule has 0 spiro atoms. The first-order valence-electron chi connectivity index (χ1n) is 12.6. The van der Waals surface area contributed by atoms with Crippen LogP contribution in [-0.2, 0) is 16.0 Å². The second-order valence-electron chi connectivity index (χ2n) is 9.69. The molecule has 1 aliphatic heterocycles. The molecule has 1 aliphatic carbocycles. The Hall–Kier alpha value is -3.02. The standard InChI is InChI=1S/C28H35N3O3/c1-2-3-4-5-20-6-11-22(12-7-20)24-16-29-27(30-17-24)23-13-8-21(9-14-23)10-15-26(32)31-18-25(19-31)28(33)34/h8-9,11,13-14,16-17,20,25H,2-7,10,12,15,18-19H2,1H3,(H,33,34). The quantitative estimate of drug-likeness (QED) is 0.480. The maximum atomic E-state index is 12.2. The molecule has 2 heterocycles. The number of amides is 1. The number of aryl methyl sites for hydroxylation is 1. The van der Waals surface area contributed by atoms with E-state index < -0.39 is 11.9 Å². The molecule has 0 bridgehead atoms. The molecule has 1 fully saturated rings. The van der Waals surface area contributed by atoms with Crippen LogP contribution in [0.3, 0.4) is 0 Å². The fourth-order valence-electron chi connectivity index (χ4n) is 4.81. The molecule has 180 valence electrons. The molecule has 1 saturated heterocycles. The van der Waals surface area contributed by atoms with Crippen molar-refractivity contribution in [1.82, 2.24) is 14.9 Å². The van der Waals surface area contributed by atoms with Crippen LogP contribution in [0.15, 0.2) is 42.7 Å². The van der Waals surface area contributed by atoms with Crippen LogP contribution in [0.1, 0.15) is 69.4 Å². The average Bonchev–Trinajstić information content (AvgIpc) is 2.83. The molecule has 6 heteroatoms. The highest BCUT2D eigenvalue weighted by atomic mass is 16.4. The number of carboxylic acids is 1. The molecule has 0 radical (unpaired) electrons. The molecule has 4 rings (SSSR count). The van der Waals surface area contributed by atoms with E-state index in [1.807, 2.05) is 36.7 Å². The summed E-state index contributed by atoms with van der Waals surface area (Å²) in [5.74, 6) is 0.329. The SMILES string of the molecule is CCCCCC1CC=C(c2cnc(-c3ccc(CCC(=O)N4CC(C(=O)O)C4)cc3)nc2)CC1.